The van der Waals surface area contributed by atoms with Crippen LogP contribution in [0.15, 0.2) is 24.7 Å². The summed E-state index contributed by atoms with van der Waals surface area (Å²) >= 11 is 2.13. The monoisotopic (exact) mass is 286 g/mol. The molecule has 0 saturated heterocycles. The maximum absolute atomic E-state index is 8.59. The smallest absolute Gasteiger partial charge is 0.100 e. The molecule has 102 valence electrons. The first-order chi connectivity index (χ1) is 7.93. The van der Waals surface area contributed by atoms with Crippen molar-refractivity contribution in [3.05, 3.63) is 24.7 Å². The summed E-state index contributed by atoms with van der Waals surface area (Å²) in [5.41, 5.74) is 0. The molecule has 0 aromatic carbocycles. The molecule has 0 atom stereocenters. The van der Waals surface area contributed by atoms with Gasteiger partial charge in [0.1, 0.15) is 6.10 Å². The Hall–Kier alpha value is -0.380. The SMILES string of the molecule is C=C(O)CSOSCC(=C)O.OCC(O)CO. The van der Waals surface area contributed by atoms with Gasteiger partial charge < -0.3 is 25.5 Å². The van der Waals surface area contributed by atoms with Crippen LogP contribution in [0.2, 0.25) is 0 Å². The van der Waals surface area contributed by atoms with Gasteiger partial charge >= 0.3 is 0 Å². The molecule has 8 heteroatoms. The van der Waals surface area contributed by atoms with Gasteiger partial charge in [-0.3, -0.25) is 0 Å². The Morgan fingerprint density at radius 3 is 1.53 bits per heavy atom. The third kappa shape index (κ3) is 21.5. The minimum atomic E-state index is -0.954. The van der Waals surface area contributed by atoms with Gasteiger partial charge in [0, 0.05) is 24.1 Å². The van der Waals surface area contributed by atoms with Crippen molar-refractivity contribution in [2.75, 3.05) is 24.7 Å². The highest BCUT2D eigenvalue weighted by Gasteiger charge is 1.94. The first-order valence-corrected chi connectivity index (χ1v) is 6.30. The molecule has 0 saturated carbocycles. The Morgan fingerprint density at radius 2 is 1.35 bits per heavy atom. The zero-order valence-corrected chi connectivity index (χ0v) is 10.9. The topological polar surface area (TPSA) is 110 Å². The minimum absolute atomic E-state index is 0.0680. The van der Waals surface area contributed by atoms with Crippen molar-refractivity contribution < 1.29 is 29.2 Å². The number of hydrogen-bond acceptors (Lipinski definition) is 8. The highest BCUT2D eigenvalue weighted by Crippen LogP contribution is 2.17. The average Bonchev–Trinajstić information content (AvgIpc) is 2.27. The van der Waals surface area contributed by atoms with Crippen LogP contribution in [0.1, 0.15) is 0 Å². The lowest BCUT2D eigenvalue weighted by atomic mass is 10.4. The summed E-state index contributed by atoms with van der Waals surface area (Å²) in [5, 5.41) is 41.2. The largest absolute Gasteiger partial charge is 0.512 e. The van der Waals surface area contributed by atoms with Crippen molar-refractivity contribution in [2.45, 2.75) is 6.10 Å². The van der Waals surface area contributed by atoms with Gasteiger partial charge in [0.15, 0.2) is 0 Å². The summed E-state index contributed by atoms with van der Waals surface area (Å²) in [6.07, 6.45) is -0.954. The molecule has 0 amide bonds. The summed E-state index contributed by atoms with van der Waals surface area (Å²) in [5.74, 6) is 0.812. The van der Waals surface area contributed by atoms with Crippen LogP contribution >= 0.6 is 24.1 Å². The first kappa shape index (κ1) is 19.0. The van der Waals surface area contributed by atoms with Crippen LogP contribution in [0.4, 0.5) is 0 Å². The number of hydrogen-bond donors (Lipinski definition) is 5. The molecule has 0 aliphatic rings. The fourth-order valence-electron chi connectivity index (χ4n) is 0.276. The number of aliphatic hydroxyl groups excluding tert-OH is 5. The van der Waals surface area contributed by atoms with E-state index in [1.807, 2.05) is 0 Å². The van der Waals surface area contributed by atoms with E-state index in [4.69, 9.17) is 29.2 Å². The van der Waals surface area contributed by atoms with Crippen molar-refractivity contribution in [1.29, 1.82) is 0 Å². The lowest BCUT2D eigenvalue weighted by Gasteiger charge is -1.98. The summed E-state index contributed by atoms with van der Waals surface area (Å²) < 4.78 is 4.85. The van der Waals surface area contributed by atoms with Crippen molar-refractivity contribution in [1.82, 2.24) is 0 Å². The van der Waals surface area contributed by atoms with Crippen LogP contribution in [0.25, 0.3) is 0 Å². The summed E-state index contributed by atoms with van der Waals surface area (Å²) in [7, 11) is 0. The second kappa shape index (κ2) is 13.7. The van der Waals surface area contributed by atoms with Gasteiger partial charge in [0.05, 0.1) is 36.2 Å². The van der Waals surface area contributed by atoms with E-state index in [2.05, 4.69) is 13.2 Å². The van der Waals surface area contributed by atoms with E-state index in [0.29, 0.717) is 11.5 Å². The quantitative estimate of drug-likeness (QED) is 0.253. The van der Waals surface area contributed by atoms with E-state index in [1.165, 1.54) is 0 Å². The molecule has 0 spiro atoms. The van der Waals surface area contributed by atoms with E-state index in [0.717, 1.165) is 24.1 Å². The third-order valence-corrected chi connectivity index (χ3v) is 2.64. The van der Waals surface area contributed by atoms with E-state index >= 15 is 0 Å². The van der Waals surface area contributed by atoms with Gasteiger partial charge in [-0.1, -0.05) is 13.2 Å². The van der Waals surface area contributed by atoms with Crippen LogP contribution in [0, 0.1) is 0 Å². The van der Waals surface area contributed by atoms with Gasteiger partial charge in [-0.15, -0.1) is 0 Å². The molecule has 17 heavy (non-hydrogen) atoms. The average molecular weight is 286 g/mol. The van der Waals surface area contributed by atoms with Crippen LogP contribution in [0.3, 0.4) is 0 Å². The fourth-order valence-corrected chi connectivity index (χ4v) is 1.21. The molecule has 0 radical (unpaired) electrons. The van der Waals surface area contributed by atoms with Gasteiger partial charge in [-0.2, -0.15) is 0 Å². The molecule has 0 rings (SSSR count). The zero-order valence-electron chi connectivity index (χ0n) is 9.28. The molecular weight excluding hydrogens is 268 g/mol. The third-order valence-electron chi connectivity index (χ3n) is 0.969. The molecule has 6 nitrogen and oxygen atoms in total. The van der Waals surface area contributed by atoms with E-state index in [-0.39, 0.29) is 24.7 Å². The highest BCUT2D eigenvalue weighted by atomic mass is 32.2. The Labute approximate surface area is 109 Å². The molecular formula is C9H18O6S2. The van der Waals surface area contributed by atoms with Gasteiger partial charge in [0.2, 0.25) is 0 Å². The van der Waals surface area contributed by atoms with Crippen molar-refractivity contribution >= 4 is 24.1 Å². The molecule has 5 N–H and O–H groups in total. The lowest BCUT2D eigenvalue weighted by Crippen LogP contribution is -2.15. The molecule has 0 heterocycles. The summed E-state index contributed by atoms with van der Waals surface area (Å²) in [6.45, 7) is 5.80. The molecule has 0 aromatic rings. The first-order valence-electron chi connectivity index (χ1n) is 4.48. The molecule has 0 bridgehead atoms. The van der Waals surface area contributed by atoms with E-state index in [1.54, 1.807) is 0 Å². The van der Waals surface area contributed by atoms with Gasteiger partial charge in [0.25, 0.3) is 0 Å². The molecule has 0 unspecified atom stereocenters. The predicted molar refractivity (Wildman–Crippen MR) is 69.7 cm³/mol. The Kier molecular flexibility index (Phi) is 15.3. The number of aliphatic hydroxyl groups is 5. The van der Waals surface area contributed by atoms with E-state index < -0.39 is 6.10 Å². The van der Waals surface area contributed by atoms with Crippen LogP contribution in [0.5, 0.6) is 0 Å². The maximum atomic E-state index is 8.59. The Balaban J connectivity index is 0. The van der Waals surface area contributed by atoms with Crippen molar-refractivity contribution in [2.24, 2.45) is 0 Å². The summed E-state index contributed by atoms with van der Waals surface area (Å²) in [6, 6.07) is 0. The Bertz CT molecular complexity index is 192. The van der Waals surface area contributed by atoms with Gasteiger partial charge in [-0.25, -0.2) is 3.63 Å². The molecule has 0 fully saturated rings. The molecule has 0 aliphatic heterocycles. The number of rotatable bonds is 8. The Morgan fingerprint density at radius 1 is 1.00 bits per heavy atom. The van der Waals surface area contributed by atoms with Crippen molar-refractivity contribution in [3.63, 3.8) is 0 Å². The maximum Gasteiger partial charge on any atom is 0.100 e. The fraction of sp³-hybridized carbons (Fsp3) is 0.556. The second-order valence-corrected chi connectivity index (χ2v) is 4.34. The predicted octanol–water partition coefficient (Wildman–Crippen LogP) is 0.775. The van der Waals surface area contributed by atoms with Crippen molar-refractivity contribution in [3.8, 4) is 0 Å². The second-order valence-electron chi connectivity index (χ2n) is 2.74. The highest BCUT2D eigenvalue weighted by molar-refractivity contribution is 8.08. The summed E-state index contributed by atoms with van der Waals surface area (Å²) in [4.78, 5) is 0. The molecule has 0 aromatic heterocycles. The minimum Gasteiger partial charge on any atom is -0.512 e. The van der Waals surface area contributed by atoms with Crippen LogP contribution in [-0.4, -0.2) is 56.4 Å². The molecule has 0 aliphatic carbocycles. The zero-order chi connectivity index (χ0) is 13.7. The van der Waals surface area contributed by atoms with Crippen LogP contribution in [-0.2, 0) is 3.63 Å². The normalized spacial score (nSPS) is 9.65. The van der Waals surface area contributed by atoms with E-state index in [9.17, 15) is 0 Å². The lowest BCUT2D eigenvalue weighted by molar-refractivity contribution is 0.0450. The standard InChI is InChI=1S/C6H10O3S2.C3H8O3/c1-5(7)3-10-9-11-4-6(2)8;4-1-3(6)2-5/h7-8H,1-4H2;3-6H,1-2H2. The van der Waals surface area contributed by atoms with Gasteiger partial charge in [-0.05, 0) is 0 Å². The van der Waals surface area contributed by atoms with Crippen LogP contribution < -0.4 is 0 Å².